The average Bonchev–Trinajstić information content (AvgIpc) is 3.56. The SMILES string of the molecule is O=C(C1C2C(=O)N(Cc3cccnc3)C[C@]23C=C[C@H]1O3)N1C[C@@H]2[C@H](C1)[C@H]1CC[C@@H]2O1. The first-order chi connectivity index (χ1) is 14.6. The Balaban J connectivity index is 1.14. The van der Waals surface area contributed by atoms with Crippen LogP contribution >= 0.6 is 0 Å². The molecule has 2 unspecified atom stereocenters. The van der Waals surface area contributed by atoms with Crippen molar-refractivity contribution in [2.75, 3.05) is 19.6 Å². The van der Waals surface area contributed by atoms with Gasteiger partial charge in [0.2, 0.25) is 11.8 Å². The highest BCUT2D eigenvalue weighted by atomic mass is 16.5. The normalized spacial score (nSPS) is 44.9. The van der Waals surface area contributed by atoms with Crippen molar-refractivity contribution in [2.24, 2.45) is 23.7 Å². The monoisotopic (exact) mass is 407 g/mol. The summed E-state index contributed by atoms with van der Waals surface area (Å²) in [5.41, 5.74) is 0.341. The third kappa shape index (κ3) is 2.20. The number of ether oxygens (including phenoxy) is 2. The van der Waals surface area contributed by atoms with Gasteiger partial charge in [-0.25, -0.2) is 0 Å². The standard InChI is InChI=1S/C23H25N3O4/c27-21(25-10-14-15(11-25)17-4-3-16(14)29-17)19-18-5-6-23(30-18)12-26(22(28)20(19)23)9-13-2-1-7-24-8-13/h1-2,5-8,14-20H,3-4,9-12H2/t14-,15+,16+,17-,18-,19?,20?,23-/m1/s1. The summed E-state index contributed by atoms with van der Waals surface area (Å²) >= 11 is 0. The smallest absolute Gasteiger partial charge is 0.230 e. The van der Waals surface area contributed by atoms with Crippen LogP contribution in [0.25, 0.3) is 0 Å². The van der Waals surface area contributed by atoms with Crippen LogP contribution in [0.2, 0.25) is 0 Å². The van der Waals surface area contributed by atoms with Crippen molar-refractivity contribution in [2.45, 2.75) is 43.3 Å². The summed E-state index contributed by atoms with van der Waals surface area (Å²) in [6.45, 7) is 2.55. The maximum absolute atomic E-state index is 13.6. The van der Waals surface area contributed by atoms with E-state index in [1.165, 1.54) is 0 Å². The van der Waals surface area contributed by atoms with Crippen molar-refractivity contribution >= 4 is 11.8 Å². The fourth-order valence-electron chi connectivity index (χ4n) is 7.06. The summed E-state index contributed by atoms with van der Waals surface area (Å²) in [7, 11) is 0. The zero-order chi connectivity index (χ0) is 20.0. The van der Waals surface area contributed by atoms with Crippen LogP contribution in [-0.2, 0) is 25.6 Å². The molecule has 6 aliphatic rings. The summed E-state index contributed by atoms with van der Waals surface area (Å²) in [6, 6.07) is 3.85. The molecule has 6 aliphatic heterocycles. The molecule has 0 aliphatic carbocycles. The van der Waals surface area contributed by atoms with Crippen LogP contribution in [0.4, 0.5) is 0 Å². The van der Waals surface area contributed by atoms with Gasteiger partial charge in [0.05, 0.1) is 36.7 Å². The van der Waals surface area contributed by atoms with Gasteiger partial charge in [0.1, 0.15) is 5.60 Å². The molecule has 7 nitrogen and oxygen atoms in total. The van der Waals surface area contributed by atoms with E-state index in [0.717, 1.165) is 31.5 Å². The van der Waals surface area contributed by atoms with Gasteiger partial charge >= 0.3 is 0 Å². The van der Waals surface area contributed by atoms with Crippen molar-refractivity contribution in [3.8, 4) is 0 Å². The number of likely N-dealkylation sites (tertiary alicyclic amines) is 2. The Hall–Kier alpha value is -2.25. The molecule has 2 amide bonds. The summed E-state index contributed by atoms with van der Waals surface area (Å²) in [5, 5.41) is 0. The number of amides is 2. The first-order valence-electron chi connectivity index (χ1n) is 11.1. The largest absolute Gasteiger partial charge is 0.374 e. The van der Waals surface area contributed by atoms with Crippen molar-refractivity contribution in [1.82, 2.24) is 14.8 Å². The quantitative estimate of drug-likeness (QED) is 0.699. The van der Waals surface area contributed by atoms with Crippen LogP contribution in [0.5, 0.6) is 0 Å². The van der Waals surface area contributed by atoms with Gasteiger partial charge < -0.3 is 19.3 Å². The maximum Gasteiger partial charge on any atom is 0.230 e. The van der Waals surface area contributed by atoms with Crippen molar-refractivity contribution in [3.05, 3.63) is 42.2 Å². The third-order valence-corrected chi connectivity index (χ3v) is 8.32. The minimum Gasteiger partial charge on any atom is -0.374 e. The number of fused-ring (bicyclic) bond motifs is 6. The fourth-order valence-corrected chi connectivity index (χ4v) is 7.06. The average molecular weight is 407 g/mol. The molecule has 1 spiro atoms. The Morgan fingerprint density at radius 1 is 1.23 bits per heavy atom. The van der Waals surface area contributed by atoms with E-state index in [9.17, 15) is 9.59 Å². The van der Waals surface area contributed by atoms with Crippen LogP contribution in [-0.4, -0.2) is 70.1 Å². The molecule has 0 saturated carbocycles. The van der Waals surface area contributed by atoms with Crippen LogP contribution in [0.15, 0.2) is 36.7 Å². The van der Waals surface area contributed by atoms with E-state index in [-0.39, 0.29) is 17.9 Å². The lowest BCUT2D eigenvalue weighted by Crippen LogP contribution is -2.45. The predicted molar refractivity (Wildman–Crippen MR) is 105 cm³/mol. The second-order valence-electron chi connectivity index (χ2n) is 9.82. The lowest BCUT2D eigenvalue weighted by Gasteiger charge is -2.28. The Morgan fingerprint density at radius 3 is 2.77 bits per heavy atom. The van der Waals surface area contributed by atoms with Crippen LogP contribution < -0.4 is 0 Å². The predicted octanol–water partition coefficient (Wildman–Crippen LogP) is 0.999. The van der Waals surface area contributed by atoms with Gasteiger partial charge in [0, 0.05) is 43.9 Å². The Morgan fingerprint density at radius 2 is 2.03 bits per heavy atom. The van der Waals surface area contributed by atoms with Gasteiger partial charge in [-0.2, -0.15) is 0 Å². The number of carbonyl (C=O) groups is 2. The first-order valence-corrected chi connectivity index (χ1v) is 11.1. The molecular formula is C23H25N3O4. The molecule has 1 aromatic rings. The van der Waals surface area contributed by atoms with E-state index in [2.05, 4.69) is 4.98 Å². The number of hydrogen-bond donors (Lipinski definition) is 0. The first kappa shape index (κ1) is 17.4. The molecule has 0 radical (unpaired) electrons. The Bertz CT molecular complexity index is 933. The molecule has 1 aromatic heterocycles. The van der Waals surface area contributed by atoms with Crippen LogP contribution in [0, 0.1) is 23.7 Å². The van der Waals surface area contributed by atoms with Crippen molar-refractivity contribution < 1.29 is 19.1 Å². The van der Waals surface area contributed by atoms with E-state index >= 15 is 0 Å². The Kier molecular flexibility index (Phi) is 3.44. The Labute approximate surface area is 175 Å². The van der Waals surface area contributed by atoms with Crippen molar-refractivity contribution in [1.29, 1.82) is 0 Å². The van der Waals surface area contributed by atoms with Gasteiger partial charge in [0.15, 0.2) is 0 Å². The van der Waals surface area contributed by atoms with Crippen LogP contribution in [0.3, 0.4) is 0 Å². The zero-order valence-electron chi connectivity index (χ0n) is 16.7. The molecule has 5 saturated heterocycles. The van der Waals surface area contributed by atoms with E-state index in [0.29, 0.717) is 37.1 Å². The lowest BCUT2D eigenvalue weighted by atomic mass is 9.76. The summed E-state index contributed by atoms with van der Waals surface area (Å²) in [5.74, 6) is 0.258. The molecular weight excluding hydrogens is 382 g/mol. The topological polar surface area (TPSA) is 72.0 Å². The zero-order valence-corrected chi connectivity index (χ0v) is 16.7. The fraction of sp³-hybridized carbons (Fsp3) is 0.609. The number of rotatable bonds is 3. The van der Waals surface area contributed by atoms with Crippen LogP contribution in [0.1, 0.15) is 18.4 Å². The molecule has 5 fully saturated rings. The van der Waals surface area contributed by atoms with Gasteiger partial charge in [-0.3, -0.25) is 14.6 Å². The molecule has 4 bridgehead atoms. The highest BCUT2D eigenvalue weighted by Crippen LogP contribution is 2.54. The molecule has 30 heavy (non-hydrogen) atoms. The minimum atomic E-state index is -0.651. The van der Waals surface area contributed by atoms with Crippen molar-refractivity contribution in [3.63, 3.8) is 0 Å². The molecule has 8 atom stereocenters. The summed E-state index contributed by atoms with van der Waals surface area (Å²) in [6.07, 6.45) is 10.2. The van der Waals surface area contributed by atoms with E-state index < -0.39 is 17.4 Å². The van der Waals surface area contributed by atoms with Gasteiger partial charge in [-0.05, 0) is 24.5 Å². The molecule has 0 aromatic carbocycles. The molecule has 7 heteroatoms. The number of carbonyl (C=O) groups excluding carboxylic acids is 2. The highest BCUT2D eigenvalue weighted by Gasteiger charge is 2.67. The molecule has 0 N–H and O–H groups in total. The number of hydrogen-bond acceptors (Lipinski definition) is 5. The second kappa shape index (κ2) is 5.92. The number of nitrogens with zero attached hydrogens (tertiary/aromatic N) is 3. The summed E-state index contributed by atoms with van der Waals surface area (Å²) in [4.78, 5) is 35.1. The summed E-state index contributed by atoms with van der Waals surface area (Å²) < 4.78 is 12.4. The second-order valence-corrected chi connectivity index (χ2v) is 9.82. The maximum atomic E-state index is 13.6. The molecule has 7 rings (SSSR count). The molecule has 7 heterocycles. The van der Waals surface area contributed by atoms with Gasteiger partial charge in [0.25, 0.3) is 0 Å². The minimum absolute atomic E-state index is 0.0341. The van der Waals surface area contributed by atoms with Gasteiger partial charge in [-0.1, -0.05) is 18.2 Å². The van der Waals surface area contributed by atoms with Gasteiger partial charge in [-0.15, -0.1) is 0 Å². The molecule has 156 valence electrons. The highest BCUT2D eigenvalue weighted by molar-refractivity contribution is 5.93. The number of aromatic nitrogens is 1. The number of pyridine rings is 1. The van der Waals surface area contributed by atoms with E-state index in [1.54, 1.807) is 12.4 Å². The van der Waals surface area contributed by atoms with E-state index in [4.69, 9.17) is 9.47 Å². The van der Waals surface area contributed by atoms with E-state index in [1.807, 2.05) is 34.1 Å². The lowest BCUT2D eigenvalue weighted by molar-refractivity contribution is -0.143. The third-order valence-electron chi connectivity index (χ3n) is 8.32.